The molecule has 3 aromatic rings. The molecule has 0 saturated heterocycles. The van der Waals surface area contributed by atoms with E-state index in [1.165, 1.54) is 23.0 Å². The van der Waals surface area contributed by atoms with Crippen molar-refractivity contribution in [3.8, 4) is 0 Å². The van der Waals surface area contributed by atoms with Crippen LogP contribution in [0.4, 0.5) is 9.80 Å². The third kappa shape index (κ3) is 6.64. The van der Waals surface area contributed by atoms with Crippen molar-refractivity contribution in [2.45, 2.75) is 25.8 Å². The van der Waals surface area contributed by atoms with Gasteiger partial charge in [-0.25, -0.2) is 4.79 Å². The number of aromatic nitrogens is 1. The number of amides is 2. The Kier molecular flexibility index (Phi) is 8.40. The van der Waals surface area contributed by atoms with Crippen molar-refractivity contribution in [2.75, 3.05) is 25.5 Å². The molecule has 1 aliphatic heterocycles. The minimum Gasteiger partial charge on any atom is -0.449 e. The summed E-state index contributed by atoms with van der Waals surface area (Å²) in [6.07, 6.45) is 10.6. The van der Waals surface area contributed by atoms with Crippen LogP contribution in [-0.2, 0) is 28.9 Å². The number of thiophene rings is 1. The lowest BCUT2D eigenvalue weighted by molar-refractivity contribution is -0.111. The molecular formula is C27H28N4O3S. The fourth-order valence-electron chi connectivity index (χ4n) is 3.91. The van der Waals surface area contributed by atoms with Gasteiger partial charge in [0.1, 0.15) is 5.00 Å². The number of aliphatic imine (C=N–C) groups is 1. The number of aryl methyl sites for hydroxylation is 1. The number of carbonyl (C=O) groups is 2. The highest BCUT2D eigenvalue weighted by molar-refractivity contribution is 7.17. The van der Waals surface area contributed by atoms with E-state index in [0.29, 0.717) is 26.1 Å². The maximum atomic E-state index is 12.6. The van der Waals surface area contributed by atoms with E-state index < -0.39 is 0 Å². The zero-order valence-electron chi connectivity index (χ0n) is 19.6. The molecule has 0 radical (unpaired) electrons. The first-order valence-electron chi connectivity index (χ1n) is 11.6. The van der Waals surface area contributed by atoms with Crippen molar-refractivity contribution >= 4 is 40.6 Å². The Morgan fingerprint density at radius 2 is 2.00 bits per heavy atom. The normalized spacial score (nSPS) is 13.2. The molecule has 1 N–H and O–H groups in total. The average molecular weight is 489 g/mol. The van der Waals surface area contributed by atoms with E-state index in [-0.39, 0.29) is 12.0 Å². The number of nitrogens with zero attached hydrogens (tertiary/aromatic N) is 3. The molecule has 2 aromatic heterocycles. The Bertz CT molecular complexity index is 1210. The van der Waals surface area contributed by atoms with Gasteiger partial charge in [0.05, 0.1) is 13.2 Å². The van der Waals surface area contributed by atoms with Gasteiger partial charge in [0.15, 0.2) is 0 Å². The molecule has 4 rings (SSSR count). The second-order valence-corrected chi connectivity index (χ2v) is 9.22. The van der Waals surface area contributed by atoms with Gasteiger partial charge in [-0.15, -0.1) is 11.3 Å². The predicted octanol–water partition coefficient (Wildman–Crippen LogP) is 4.97. The summed E-state index contributed by atoms with van der Waals surface area (Å²) in [7, 11) is 1.71. The monoisotopic (exact) mass is 488 g/mol. The van der Waals surface area contributed by atoms with E-state index in [9.17, 15) is 9.59 Å². The Balaban J connectivity index is 1.35. The van der Waals surface area contributed by atoms with Gasteiger partial charge in [-0.2, -0.15) is 0 Å². The number of anilines is 1. The van der Waals surface area contributed by atoms with Crippen molar-refractivity contribution in [1.82, 2.24) is 9.88 Å². The van der Waals surface area contributed by atoms with E-state index in [2.05, 4.69) is 15.3 Å². The van der Waals surface area contributed by atoms with Crippen LogP contribution in [0, 0.1) is 0 Å². The number of carbonyl (C=O) groups excluding carboxylic acids is 2. The quantitative estimate of drug-likeness (QED) is 0.276. The van der Waals surface area contributed by atoms with Crippen molar-refractivity contribution in [3.05, 3.63) is 88.1 Å². The maximum absolute atomic E-state index is 12.6. The number of pyridine rings is 1. The molecule has 0 atom stereocenters. The summed E-state index contributed by atoms with van der Waals surface area (Å²) in [4.78, 5) is 36.1. The number of nitrogens with one attached hydrogen (secondary N) is 1. The van der Waals surface area contributed by atoms with Crippen LogP contribution in [0.5, 0.6) is 0 Å². The second kappa shape index (κ2) is 12.1. The Morgan fingerprint density at radius 1 is 1.20 bits per heavy atom. The van der Waals surface area contributed by atoms with Crippen LogP contribution in [-0.4, -0.2) is 48.3 Å². The van der Waals surface area contributed by atoms with E-state index in [1.807, 2.05) is 42.5 Å². The van der Waals surface area contributed by atoms with Crippen molar-refractivity contribution < 1.29 is 14.3 Å². The molecule has 1 aliphatic rings. The highest BCUT2D eigenvalue weighted by Crippen LogP contribution is 2.36. The number of benzene rings is 1. The molecule has 2 amide bonds. The molecule has 8 heteroatoms. The highest BCUT2D eigenvalue weighted by atomic mass is 32.1. The molecular weight excluding hydrogens is 460 g/mol. The topological polar surface area (TPSA) is 83.9 Å². The number of hydrogen-bond acceptors (Lipinski definition) is 6. The van der Waals surface area contributed by atoms with E-state index >= 15 is 0 Å². The van der Waals surface area contributed by atoms with Gasteiger partial charge in [-0.05, 0) is 54.2 Å². The molecule has 7 nitrogen and oxygen atoms in total. The Morgan fingerprint density at radius 3 is 2.77 bits per heavy atom. The van der Waals surface area contributed by atoms with Gasteiger partial charge in [-0.1, -0.05) is 30.3 Å². The summed E-state index contributed by atoms with van der Waals surface area (Å²) in [5.74, 6) is -0.205. The number of rotatable bonds is 8. The lowest BCUT2D eigenvalue weighted by atomic mass is 10.0. The van der Waals surface area contributed by atoms with Crippen LogP contribution >= 0.6 is 11.3 Å². The largest absolute Gasteiger partial charge is 0.449 e. The number of fused-ring (bicyclic) bond motifs is 1. The summed E-state index contributed by atoms with van der Waals surface area (Å²) < 4.78 is 5.51. The molecule has 180 valence electrons. The maximum Gasteiger partial charge on any atom is 0.410 e. The molecule has 0 spiro atoms. The number of hydrogen-bond donors (Lipinski definition) is 1. The predicted molar refractivity (Wildman–Crippen MR) is 140 cm³/mol. The third-order valence-corrected chi connectivity index (χ3v) is 6.81. The van der Waals surface area contributed by atoms with Crippen LogP contribution in [0.15, 0.2) is 65.9 Å². The summed E-state index contributed by atoms with van der Waals surface area (Å²) in [5, 5.41) is 3.73. The van der Waals surface area contributed by atoms with E-state index in [4.69, 9.17) is 4.74 Å². The molecule has 0 fully saturated rings. The molecule has 3 heterocycles. The van der Waals surface area contributed by atoms with Gasteiger partial charge in [0, 0.05) is 48.7 Å². The first-order valence-corrected chi connectivity index (χ1v) is 12.4. The van der Waals surface area contributed by atoms with Crippen molar-refractivity contribution in [2.24, 2.45) is 4.99 Å². The minimum atomic E-state index is -0.305. The van der Waals surface area contributed by atoms with Crippen molar-refractivity contribution in [1.29, 1.82) is 0 Å². The highest BCUT2D eigenvalue weighted by Gasteiger charge is 2.27. The minimum absolute atomic E-state index is 0.205. The van der Waals surface area contributed by atoms with Crippen LogP contribution in [0.2, 0.25) is 0 Å². The fraction of sp³-hybridized carbons (Fsp3) is 0.259. The van der Waals surface area contributed by atoms with Crippen LogP contribution in [0.25, 0.3) is 6.08 Å². The molecule has 0 saturated carbocycles. The zero-order chi connectivity index (χ0) is 24.5. The van der Waals surface area contributed by atoms with Crippen LogP contribution in [0.1, 0.15) is 33.6 Å². The van der Waals surface area contributed by atoms with Gasteiger partial charge >= 0.3 is 6.09 Å². The third-order valence-electron chi connectivity index (χ3n) is 5.66. The summed E-state index contributed by atoms with van der Waals surface area (Å²) in [6.45, 7) is 1.40. The van der Waals surface area contributed by atoms with Crippen LogP contribution < -0.4 is 5.32 Å². The SMILES string of the molecule is CN=Cc1c(NC(=O)/C=C/c2ccccc2)sc2c1CCN(C(=O)OCCCc1ccncc1)C2. The van der Waals surface area contributed by atoms with Gasteiger partial charge in [-0.3, -0.25) is 14.8 Å². The second-order valence-electron chi connectivity index (χ2n) is 8.11. The first-order chi connectivity index (χ1) is 17.1. The lowest BCUT2D eigenvalue weighted by Gasteiger charge is -2.26. The Labute approximate surface area is 209 Å². The zero-order valence-corrected chi connectivity index (χ0v) is 20.5. The van der Waals surface area contributed by atoms with Crippen LogP contribution in [0.3, 0.4) is 0 Å². The molecule has 1 aromatic carbocycles. The first kappa shape index (κ1) is 24.3. The van der Waals surface area contributed by atoms with Crippen molar-refractivity contribution in [3.63, 3.8) is 0 Å². The average Bonchev–Trinajstić information content (AvgIpc) is 3.22. The molecule has 0 aliphatic carbocycles. The summed E-state index contributed by atoms with van der Waals surface area (Å²) in [6, 6.07) is 13.6. The van der Waals surface area contributed by atoms with Gasteiger partial charge in [0.2, 0.25) is 5.91 Å². The fourth-order valence-corrected chi connectivity index (χ4v) is 5.15. The summed E-state index contributed by atoms with van der Waals surface area (Å²) in [5.41, 5.74) is 4.18. The molecule has 0 bridgehead atoms. The summed E-state index contributed by atoms with van der Waals surface area (Å²) >= 11 is 1.49. The number of ether oxygens (including phenoxy) is 1. The lowest BCUT2D eigenvalue weighted by Crippen LogP contribution is -2.36. The Hall–Kier alpha value is -3.78. The van der Waals surface area contributed by atoms with E-state index in [1.54, 1.807) is 36.6 Å². The standard InChI is InChI=1S/C27H28N4O3S/c1-28-18-23-22-13-16-31(27(33)34-17-5-8-21-11-14-29-15-12-21)19-24(22)35-26(23)30-25(32)10-9-20-6-3-2-4-7-20/h2-4,6-7,9-12,14-15,18H,5,8,13,16-17,19H2,1H3,(H,30,32)/b10-9+,28-18?. The van der Waals surface area contributed by atoms with Gasteiger partial charge in [0.25, 0.3) is 0 Å². The van der Waals surface area contributed by atoms with Gasteiger partial charge < -0.3 is 15.0 Å². The molecule has 0 unspecified atom stereocenters. The smallest absolute Gasteiger partial charge is 0.410 e. The van der Waals surface area contributed by atoms with E-state index in [0.717, 1.165) is 39.4 Å². The molecule has 35 heavy (non-hydrogen) atoms.